The van der Waals surface area contributed by atoms with Gasteiger partial charge in [0.2, 0.25) is 5.91 Å². The molecule has 2 aromatic carbocycles. The lowest BCUT2D eigenvalue weighted by Gasteiger charge is -2.18. The number of aliphatic hydroxyl groups is 1. The van der Waals surface area contributed by atoms with Gasteiger partial charge in [-0.05, 0) is 36.1 Å². The second-order valence-corrected chi connectivity index (χ2v) is 7.57. The average molecular weight is 443 g/mol. The fourth-order valence-electron chi connectivity index (χ4n) is 3.02. The number of ether oxygens (including phenoxy) is 2. The number of carbonyl (C=O) groups is 3. The first-order valence-corrected chi connectivity index (χ1v) is 10.3. The van der Waals surface area contributed by atoms with E-state index in [0.29, 0.717) is 0 Å². The Balaban J connectivity index is 1.80. The van der Waals surface area contributed by atoms with Gasteiger partial charge in [-0.15, -0.1) is 0 Å². The Morgan fingerprint density at radius 3 is 2.38 bits per heavy atom. The largest absolute Gasteiger partial charge is 0.467 e. The second kappa shape index (κ2) is 12.5. The molecule has 0 heterocycles. The summed E-state index contributed by atoms with van der Waals surface area (Å²) in [6, 6.07) is 14.1. The van der Waals surface area contributed by atoms with E-state index in [0.717, 1.165) is 22.3 Å². The number of hydrogen-bond donors (Lipinski definition) is 3. The van der Waals surface area contributed by atoms with E-state index in [1.807, 2.05) is 62.4 Å². The average Bonchev–Trinajstić information content (AvgIpc) is 2.78. The van der Waals surface area contributed by atoms with Crippen LogP contribution in [0, 0.1) is 13.8 Å². The summed E-state index contributed by atoms with van der Waals surface area (Å²) in [4.78, 5) is 36.2. The van der Waals surface area contributed by atoms with Crippen molar-refractivity contribution in [2.24, 2.45) is 0 Å². The minimum absolute atomic E-state index is 0.0998. The second-order valence-electron chi connectivity index (χ2n) is 7.57. The SMILES string of the molecule is COC(=O)[C@H](Cc1ccc(C)c(C)c1)NC(=O)C[C@H](O)CNC(=O)OCc1ccccc1. The lowest BCUT2D eigenvalue weighted by Crippen LogP contribution is -2.45. The van der Waals surface area contributed by atoms with Crippen molar-refractivity contribution < 1.29 is 29.0 Å². The lowest BCUT2D eigenvalue weighted by molar-refractivity contribution is -0.145. The molecular weight excluding hydrogens is 412 g/mol. The van der Waals surface area contributed by atoms with Crippen molar-refractivity contribution in [1.29, 1.82) is 0 Å². The highest BCUT2D eigenvalue weighted by atomic mass is 16.5. The molecule has 0 bridgehead atoms. The van der Waals surface area contributed by atoms with Crippen molar-refractivity contribution in [2.75, 3.05) is 13.7 Å². The molecule has 2 rings (SSSR count). The summed E-state index contributed by atoms with van der Waals surface area (Å²) in [6.07, 6.45) is -1.87. The number of nitrogens with one attached hydrogen (secondary N) is 2. The molecule has 0 aliphatic heterocycles. The third kappa shape index (κ3) is 8.39. The van der Waals surface area contributed by atoms with E-state index in [4.69, 9.17) is 9.47 Å². The quantitative estimate of drug-likeness (QED) is 0.486. The van der Waals surface area contributed by atoms with E-state index >= 15 is 0 Å². The van der Waals surface area contributed by atoms with Crippen molar-refractivity contribution in [3.63, 3.8) is 0 Å². The predicted octanol–water partition coefficient (Wildman–Crippen LogP) is 2.18. The molecule has 0 aliphatic carbocycles. The molecule has 32 heavy (non-hydrogen) atoms. The van der Waals surface area contributed by atoms with Gasteiger partial charge in [-0.25, -0.2) is 9.59 Å². The van der Waals surface area contributed by atoms with Crippen LogP contribution in [0.2, 0.25) is 0 Å². The summed E-state index contributed by atoms with van der Waals surface area (Å²) in [5, 5.41) is 15.1. The van der Waals surface area contributed by atoms with Crippen LogP contribution in [-0.2, 0) is 32.1 Å². The third-order valence-corrected chi connectivity index (χ3v) is 4.95. The molecule has 0 unspecified atom stereocenters. The Bertz CT molecular complexity index is 916. The van der Waals surface area contributed by atoms with Crippen LogP contribution in [0.25, 0.3) is 0 Å². The Hall–Kier alpha value is -3.39. The number of hydrogen-bond acceptors (Lipinski definition) is 6. The van der Waals surface area contributed by atoms with Crippen LogP contribution < -0.4 is 10.6 Å². The van der Waals surface area contributed by atoms with E-state index in [1.54, 1.807) is 0 Å². The number of rotatable bonds is 10. The van der Waals surface area contributed by atoms with Crippen LogP contribution in [0.4, 0.5) is 4.79 Å². The van der Waals surface area contributed by atoms with E-state index in [1.165, 1.54) is 7.11 Å². The number of benzene rings is 2. The number of alkyl carbamates (subject to hydrolysis) is 1. The standard InChI is InChI=1S/C24H30N2O6/c1-16-9-10-19(11-17(16)2)12-21(23(29)31-3)26-22(28)13-20(27)14-25-24(30)32-15-18-7-5-4-6-8-18/h4-11,20-21,27H,12-15H2,1-3H3,(H,25,30)(H,26,28)/t20-,21-/m0/s1. The molecular formula is C24H30N2O6. The molecule has 0 aromatic heterocycles. The predicted molar refractivity (Wildman–Crippen MR) is 119 cm³/mol. The van der Waals surface area contributed by atoms with E-state index < -0.39 is 30.1 Å². The zero-order valence-electron chi connectivity index (χ0n) is 18.6. The van der Waals surface area contributed by atoms with Gasteiger partial charge < -0.3 is 25.2 Å². The van der Waals surface area contributed by atoms with Crippen molar-refractivity contribution >= 4 is 18.0 Å². The first-order valence-electron chi connectivity index (χ1n) is 10.3. The van der Waals surface area contributed by atoms with E-state index in [2.05, 4.69) is 10.6 Å². The van der Waals surface area contributed by atoms with Crippen LogP contribution in [0.1, 0.15) is 28.7 Å². The van der Waals surface area contributed by atoms with Crippen LogP contribution in [0.3, 0.4) is 0 Å². The Morgan fingerprint density at radius 2 is 1.72 bits per heavy atom. The van der Waals surface area contributed by atoms with Gasteiger partial charge in [-0.3, -0.25) is 4.79 Å². The van der Waals surface area contributed by atoms with Crippen LogP contribution >= 0.6 is 0 Å². The van der Waals surface area contributed by atoms with Crippen molar-refractivity contribution in [1.82, 2.24) is 10.6 Å². The maximum Gasteiger partial charge on any atom is 0.407 e. The van der Waals surface area contributed by atoms with Gasteiger partial charge in [0.25, 0.3) is 0 Å². The minimum atomic E-state index is -1.14. The monoisotopic (exact) mass is 442 g/mol. The maximum absolute atomic E-state index is 12.3. The van der Waals surface area contributed by atoms with Gasteiger partial charge in [0.1, 0.15) is 12.6 Å². The van der Waals surface area contributed by atoms with E-state index in [9.17, 15) is 19.5 Å². The van der Waals surface area contributed by atoms with Gasteiger partial charge in [0.05, 0.1) is 19.6 Å². The highest BCUT2D eigenvalue weighted by Crippen LogP contribution is 2.12. The van der Waals surface area contributed by atoms with Gasteiger partial charge in [0, 0.05) is 13.0 Å². The number of aliphatic hydroxyl groups excluding tert-OH is 1. The van der Waals surface area contributed by atoms with Gasteiger partial charge in [0.15, 0.2) is 0 Å². The summed E-state index contributed by atoms with van der Waals surface area (Å²) in [5.41, 5.74) is 3.93. The smallest absolute Gasteiger partial charge is 0.407 e. The molecule has 2 amide bonds. The molecule has 0 fully saturated rings. The molecule has 0 radical (unpaired) electrons. The fraction of sp³-hybridized carbons (Fsp3) is 0.375. The Morgan fingerprint density at radius 1 is 1.00 bits per heavy atom. The first kappa shape index (κ1) is 24.9. The summed E-state index contributed by atoms with van der Waals surface area (Å²) < 4.78 is 9.85. The fourth-order valence-corrected chi connectivity index (χ4v) is 3.02. The summed E-state index contributed by atoms with van der Waals surface area (Å²) >= 11 is 0. The molecule has 3 N–H and O–H groups in total. The van der Waals surface area contributed by atoms with Crippen LogP contribution in [0.15, 0.2) is 48.5 Å². The van der Waals surface area contributed by atoms with Crippen LogP contribution in [-0.4, -0.2) is 48.9 Å². The number of aryl methyl sites for hydroxylation is 2. The molecule has 2 atom stereocenters. The highest BCUT2D eigenvalue weighted by molar-refractivity contribution is 5.85. The number of methoxy groups -OCH3 is 1. The molecule has 2 aromatic rings. The molecule has 0 aliphatic rings. The Labute approximate surface area is 187 Å². The molecule has 0 saturated carbocycles. The van der Waals surface area contributed by atoms with E-state index in [-0.39, 0.29) is 26.0 Å². The molecule has 0 saturated heterocycles. The molecule has 172 valence electrons. The summed E-state index contributed by atoms with van der Waals surface area (Å²) in [7, 11) is 1.25. The summed E-state index contributed by atoms with van der Waals surface area (Å²) in [5.74, 6) is -1.11. The summed E-state index contributed by atoms with van der Waals surface area (Å²) in [6.45, 7) is 3.90. The zero-order chi connectivity index (χ0) is 23.5. The van der Waals surface area contributed by atoms with Gasteiger partial charge >= 0.3 is 12.1 Å². The van der Waals surface area contributed by atoms with Crippen molar-refractivity contribution in [2.45, 2.75) is 45.4 Å². The normalized spacial score (nSPS) is 12.4. The van der Waals surface area contributed by atoms with Gasteiger partial charge in [-0.1, -0.05) is 48.5 Å². The van der Waals surface area contributed by atoms with Gasteiger partial charge in [-0.2, -0.15) is 0 Å². The van der Waals surface area contributed by atoms with Crippen LogP contribution in [0.5, 0.6) is 0 Å². The third-order valence-electron chi connectivity index (χ3n) is 4.95. The molecule has 8 heteroatoms. The number of amides is 2. The van der Waals surface area contributed by atoms with Crippen molar-refractivity contribution in [3.8, 4) is 0 Å². The topological polar surface area (TPSA) is 114 Å². The molecule has 8 nitrogen and oxygen atoms in total. The number of carbonyl (C=O) groups excluding carboxylic acids is 3. The zero-order valence-corrected chi connectivity index (χ0v) is 18.6. The lowest BCUT2D eigenvalue weighted by atomic mass is 10.0. The number of esters is 1. The first-order chi connectivity index (χ1) is 15.3. The minimum Gasteiger partial charge on any atom is -0.467 e. The molecule has 0 spiro atoms. The van der Waals surface area contributed by atoms with Crippen molar-refractivity contribution in [3.05, 3.63) is 70.8 Å². The maximum atomic E-state index is 12.3. The Kier molecular flexibility index (Phi) is 9.69. The highest BCUT2D eigenvalue weighted by Gasteiger charge is 2.23.